The van der Waals surface area contributed by atoms with E-state index in [1.54, 1.807) is 0 Å². The van der Waals surface area contributed by atoms with E-state index in [1.165, 1.54) is 11.8 Å². The van der Waals surface area contributed by atoms with Crippen LogP contribution in [0.2, 0.25) is 0 Å². The molecule has 6 heteroatoms. The quantitative estimate of drug-likeness (QED) is 0.670. The van der Waals surface area contributed by atoms with Crippen molar-refractivity contribution in [1.82, 2.24) is 19.6 Å². The molecule has 0 aliphatic rings. The number of aliphatic hydroxyl groups excluding tert-OH is 1. The van der Waals surface area contributed by atoms with Gasteiger partial charge in [0.2, 0.25) is 5.78 Å². The summed E-state index contributed by atoms with van der Waals surface area (Å²) in [5.41, 5.74) is 1.98. The van der Waals surface area contributed by atoms with E-state index in [-0.39, 0.29) is 6.61 Å². The van der Waals surface area contributed by atoms with Crippen LogP contribution in [0, 0.1) is 0 Å². The fourth-order valence-electron chi connectivity index (χ4n) is 1.68. The molecule has 2 aromatic heterocycles. The molecule has 0 amide bonds. The lowest BCUT2D eigenvalue weighted by Gasteiger charge is -1.95. The van der Waals surface area contributed by atoms with Crippen molar-refractivity contribution in [2.24, 2.45) is 0 Å². The Morgan fingerprint density at radius 2 is 2.25 bits per heavy atom. The molecule has 0 saturated carbocycles. The number of imidazole rings is 1. The summed E-state index contributed by atoms with van der Waals surface area (Å²) < 4.78 is 1.97. The Kier molecular flexibility index (Phi) is 2.30. The van der Waals surface area contributed by atoms with Crippen LogP contribution in [0.3, 0.4) is 0 Å². The summed E-state index contributed by atoms with van der Waals surface area (Å²) in [5.74, 6) is 1.37. The smallest absolute Gasteiger partial charge is 0.231 e. The molecule has 3 aromatic rings. The predicted octanol–water partition coefficient (Wildman–Crippen LogP) is 1.29. The van der Waals surface area contributed by atoms with Crippen molar-refractivity contribution in [2.45, 2.75) is 5.16 Å². The van der Waals surface area contributed by atoms with E-state index in [1.807, 2.05) is 28.7 Å². The molecule has 2 heterocycles. The molecule has 0 aliphatic heterocycles. The van der Waals surface area contributed by atoms with Crippen molar-refractivity contribution >= 4 is 28.6 Å². The number of fused-ring (bicyclic) bond motifs is 3. The highest BCUT2D eigenvalue weighted by atomic mass is 32.2. The number of para-hydroxylation sites is 2. The van der Waals surface area contributed by atoms with Gasteiger partial charge in [-0.2, -0.15) is 0 Å². The van der Waals surface area contributed by atoms with Crippen molar-refractivity contribution in [1.29, 1.82) is 0 Å². The first-order chi connectivity index (χ1) is 7.90. The number of aliphatic hydroxyl groups is 1. The number of hydrogen-bond acceptors (Lipinski definition) is 4. The zero-order chi connectivity index (χ0) is 11.0. The molecule has 82 valence electrons. The molecular weight excluding hydrogens is 224 g/mol. The van der Waals surface area contributed by atoms with Crippen LogP contribution in [-0.4, -0.2) is 37.0 Å². The first-order valence-electron chi connectivity index (χ1n) is 4.95. The normalized spacial score (nSPS) is 11.6. The van der Waals surface area contributed by atoms with Gasteiger partial charge in [0.15, 0.2) is 5.16 Å². The van der Waals surface area contributed by atoms with Crippen LogP contribution in [0.25, 0.3) is 16.8 Å². The molecule has 0 unspecified atom stereocenters. The van der Waals surface area contributed by atoms with E-state index in [2.05, 4.69) is 15.2 Å². The van der Waals surface area contributed by atoms with Crippen molar-refractivity contribution in [3.05, 3.63) is 24.3 Å². The number of benzene rings is 1. The third-order valence-electron chi connectivity index (χ3n) is 2.33. The van der Waals surface area contributed by atoms with Crippen LogP contribution in [0.1, 0.15) is 0 Å². The third kappa shape index (κ3) is 1.38. The summed E-state index contributed by atoms with van der Waals surface area (Å²) >= 11 is 1.51. The molecule has 0 fully saturated rings. The number of H-pyrrole nitrogens is 1. The number of rotatable bonds is 3. The van der Waals surface area contributed by atoms with E-state index in [0.717, 1.165) is 22.0 Å². The fraction of sp³-hybridized carbons (Fsp3) is 0.200. The maximum Gasteiger partial charge on any atom is 0.231 e. The standard InChI is InChI=1S/C10H10N4OS/c15-5-6-16-10-13-12-9-11-7-3-1-2-4-8(7)14(9)10/h1-4,15H,5-6H2,(H,11,12). The molecule has 3 rings (SSSR count). The minimum absolute atomic E-state index is 0.144. The Morgan fingerprint density at radius 3 is 3.12 bits per heavy atom. The first-order valence-corrected chi connectivity index (χ1v) is 5.94. The van der Waals surface area contributed by atoms with Crippen molar-refractivity contribution in [2.75, 3.05) is 12.4 Å². The number of aromatic nitrogens is 4. The monoisotopic (exact) mass is 234 g/mol. The van der Waals surface area contributed by atoms with Gasteiger partial charge in [-0.25, -0.2) is 10.1 Å². The lowest BCUT2D eigenvalue weighted by atomic mass is 10.3. The van der Waals surface area contributed by atoms with Crippen molar-refractivity contribution in [3.8, 4) is 0 Å². The maximum absolute atomic E-state index is 8.82. The van der Waals surface area contributed by atoms with Crippen LogP contribution < -0.4 is 0 Å². The number of nitrogens with zero attached hydrogens (tertiary/aromatic N) is 3. The average molecular weight is 234 g/mol. The second kappa shape index (κ2) is 3.80. The molecule has 0 aliphatic carbocycles. The van der Waals surface area contributed by atoms with Gasteiger partial charge in [-0.3, -0.25) is 4.40 Å². The van der Waals surface area contributed by atoms with Gasteiger partial charge in [0.25, 0.3) is 0 Å². The highest BCUT2D eigenvalue weighted by Gasteiger charge is 2.10. The number of nitrogens with one attached hydrogen (secondary N) is 1. The third-order valence-corrected chi connectivity index (χ3v) is 3.24. The van der Waals surface area contributed by atoms with Gasteiger partial charge in [0.1, 0.15) is 0 Å². The Morgan fingerprint density at radius 1 is 1.38 bits per heavy atom. The summed E-state index contributed by atoms with van der Waals surface area (Å²) in [5, 5.41) is 16.7. The van der Waals surface area contributed by atoms with Crippen LogP contribution in [0.5, 0.6) is 0 Å². The predicted molar refractivity (Wildman–Crippen MR) is 62.7 cm³/mol. The SMILES string of the molecule is OCCSc1n[nH]c2nc3ccccc3n12. The molecule has 0 saturated heterocycles. The lowest BCUT2D eigenvalue weighted by Crippen LogP contribution is -1.90. The summed E-state index contributed by atoms with van der Waals surface area (Å²) in [6.45, 7) is 0.144. The van der Waals surface area contributed by atoms with Gasteiger partial charge < -0.3 is 5.11 Å². The van der Waals surface area contributed by atoms with Gasteiger partial charge in [-0.05, 0) is 12.1 Å². The maximum atomic E-state index is 8.82. The van der Waals surface area contributed by atoms with Crippen molar-refractivity contribution < 1.29 is 5.11 Å². The molecule has 0 spiro atoms. The van der Waals surface area contributed by atoms with E-state index in [9.17, 15) is 0 Å². The largest absolute Gasteiger partial charge is 0.396 e. The van der Waals surface area contributed by atoms with E-state index < -0.39 is 0 Å². The topological polar surface area (TPSA) is 66.2 Å². The van der Waals surface area contributed by atoms with Crippen LogP contribution in [0.4, 0.5) is 0 Å². The minimum atomic E-state index is 0.144. The van der Waals surface area contributed by atoms with E-state index in [0.29, 0.717) is 5.75 Å². The van der Waals surface area contributed by atoms with Gasteiger partial charge in [-0.1, -0.05) is 23.9 Å². The van der Waals surface area contributed by atoms with Gasteiger partial charge in [0.05, 0.1) is 17.6 Å². The Bertz CT molecular complexity index is 630. The Hall–Kier alpha value is -1.53. The van der Waals surface area contributed by atoms with Gasteiger partial charge >= 0.3 is 0 Å². The zero-order valence-electron chi connectivity index (χ0n) is 8.42. The molecular formula is C10H10N4OS. The Balaban J connectivity index is 2.22. The highest BCUT2D eigenvalue weighted by molar-refractivity contribution is 7.99. The van der Waals surface area contributed by atoms with Crippen molar-refractivity contribution in [3.63, 3.8) is 0 Å². The number of aromatic amines is 1. The summed E-state index contributed by atoms with van der Waals surface area (Å²) in [6, 6.07) is 7.91. The molecule has 2 N–H and O–H groups in total. The summed E-state index contributed by atoms with van der Waals surface area (Å²) in [4.78, 5) is 4.41. The zero-order valence-corrected chi connectivity index (χ0v) is 9.24. The highest BCUT2D eigenvalue weighted by Crippen LogP contribution is 2.22. The lowest BCUT2D eigenvalue weighted by molar-refractivity contribution is 0.322. The average Bonchev–Trinajstić information content (AvgIpc) is 2.85. The first kappa shape index (κ1) is 9.68. The molecule has 0 bridgehead atoms. The molecule has 0 atom stereocenters. The van der Waals surface area contributed by atoms with E-state index in [4.69, 9.17) is 5.11 Å². The summed E-state index contributed by atoms with van der Waals surface area (Å²) in [7, 11) is 0. The van der Waals surface area contributed by atoms with Crippen LogP contribution in [0.15, 0.2) is 29.4 Å². The van der Waals surface area contributed by atoms with E-state index >= 15 is 0 Å². The minimum Gasteiger partial charge on any atom is -0.396 e. The van der Waals surface area contributed by atoms with Crippen LogP contribution >= 0.6 is 11.8 Å². The molecule has 0 radical (unpaired) electrons. The summed E-state index contributed by atoms with van der Waals surface area (Å²) in [6.07, 6.45) is 0. The molecule has 5 nitrogen and oxygen atoms in total. The van der Waals surface area contributed by atoms with Gasteiger partial charge in [-0.15, -0.1) is 5.10 Å². The van der Waals surface area contributed by atoms with Gasteiger partial charge in [0, 0.05) is 5.75 Å². The number of hydrogen-bond donors (Lipinski definition) is 2. The second-order valence-corrected chi connectivity index (χ2v) is 4.40. The number of thioether (sulfide) groups is 1. The molecule has 1 aromatic carbocycles. The molecule has 16 heavy (non-hydrogen) atoms. The van der Waals surface area contributed by atoms with Crippen LogP contribution in [-0.2, 0) is 0 Å². The second-order valence-electron chi connectivity index (χ2n) is 3.34. The fourth-order valence-corrected chi connectivity index (χ4v) is 2.37. The Labute approximate surface area is 95.5 Å².